The number of thiazole rings is 1. The molecular weight excluding hydrogens is 539 g/mol. The number of halogens is 2. The number of benzene rings is 2. The Bertz CT molecular complexity index is 1360. The fourth-order valence-corrected chi connectivity index (χ4v) is 5.14. The molecular formula is C24H22Cl2N6O2S2. The van der Waals surface area contributed by atoms with E-state index < -0.39 is 0 Å². The van der Waals surface area contributed by atoms with Gasteiger partial charge in [-0.1, -0.05) is 47.1 Å². The van der Waals surface area contributed by atoms with Crippen LogP contribution in [0.25, 0.3) is 11.3 Å². The van der Waals surface area contributed by atoms with Gasteiger partial charge in [0, 0.05) is 33.1 Å². The van der Waals surface area contributed by atoms with Gasteiger partial charge in [-0.15, -0.1) is 21.5 Å². The lowest BCUT2D eigenvalue weighted by Crippen LogP contribution is -2.28. The van der Waals surface area contributed by atoms with Crippen LogP contribution in [0.2, 0.25) is 10.0 Å². The van der Waals surface area contributed by atoms with Crippen molar-refractivity contribution in [1.29, 1.82) is 0 Å². The molecule has 0 aliphatic carbocycles. The van der Waals surface area contributed by atoms with Crippen molar-refractivity contribution in [3.8, 4) is 11.3 Å². The Hall–Kier alpha value is -2.92. The quantitative estimate of drug-likeness (QED) is 0.245. The molecule has 0 spiro atoms. The maximum atomic E-state index is 12.6. The zero-order chi connectivity index (χ0) is 25.7. The molecule has 4 rings (SSSR count). The third kappa shape index (κ3) is 6.44. The molecule has 2 aromatic heterocycles. The maximum Gasteiger partial charge on any atom is 0.251 e. The Labute approximate surface area is 226 Å². The summed E-state index contributed by atoms with van der Waals surface area (Å²) in [4.78, 5) is 29.6. The fraction of sp³-hybridized carbons (Fsp3) is 0.208. The first-order valence-electron chi connectivity index (χ1n) is 11.0. The summed E-state index contributed by atoms with van der Waals surface area (Å²) in [6, 6.07) is 13.6. The average Bonchev–Trinajstić information content (AvgIpc) is 3.50. The SMILES string of the molecule is CCn1c(SCC(=O)Nc2nc(-c3ccc(Cl)cc3)cs2)nnc1[C@@H](C)NC(=O)c1ccc(Cl)cc1. The van der Waals surface area contributed by atoms with Gasteiger partial charge in [-0.3, -0.25) is 9.59 Å². The Morgan fingerprint density at radius 2 is 1.72 bits per heavy atom. The molecule has 0 fully saturated rings. The van der Waals surface area contributed by atoms with Crippen molar-refractivity contribution in [2.24, 2.45) is 0 Å². The second-order valence-electron chi connectivity index (χ2n) is 7.67. The number of hydrogen-bond acceptors (Lipinski definition) is 7. The van der Waals surface area contributed by atoms with Gasteiger partial charge in [0.05, 0.1) is 17.5 Å². The molecule has 0 saturated heterocycles. The summed E-state index contributed by atoms with van der Waals surface area (Å²) in [5.41, 5.74) is 2.19. The third-order valence-electron chi connectivity index (χ3n) is 5.13. The molecule has 0 aliphatic rings. The third-order valence-corrected chi connectivity index (χ3v) is 7.35. The molecule has 0 aliphatic heterocycles. The number of nitrogens with zero attached hydrogens (tertiary/aromatic N) is 4. The van der Waals surface area contributed by atoms with Crippen LogP contribution in [0.4, 0.5) is 5.13 Å². The van der Waals surface area contributed by atoms with E-state index in [0.717, 1.165) is 11.3 Å². The minimum absolute atomic E-state index is 0.138. The number of carbonyl (C=O) groups excluding carboxylic acids is 2. The average molecular weight is 562 g/mol. The molecule has 2 N–H and O–H groups in total. The first-order chi connectivity index (χ1) is 17.3. The highest BCUT2D eigenvalue weighted by Crippen LogP contribution is 2.27. The summed E-state index contributed by atoms with van der Waals surface area (Å²) >= 11 is 14.5. The summed E-state index contributed by atoms with van der Waals surface area (Å²) in [5.74, 6) is 0.308. The molecule has 8 nitrogen and oxygen atoms in total. The van der Waals surface area contributed by atoms with Crippen LogP contribution < -0.4 is 10.6 Å². The number of nitrogens with one attached hydrogen (secondary N) is 2. The highest BCUT2D eigenvalue weighted by molar-refractivity contribution is 7.99. The molecule has 2 aromatic carbocycles. The van der Waals surface area contributed by atoms with Gasteiger partial charge in [-0.2, -0.15) is 0 Å². The molecule has 2 heterocycles. The van der Waals surface area contributed by atoms with Crippen molar-refractivity contribution in [3.63, 3.8) is 0 Å². The van der Waals surface area contributed by atoms with Crippen LogP contribution in [0.3, 0.4) is 0 Å². The smallest absolute Gasteiger partial charge is 0.251 e. The van der Waals surface area contributed by atoms with Crippen LogP contribution >= 0.6 is 46.3 Å². The Kier molecular flexibility index (Phi) is 8.63. The van der Waals surface area contributed by atoms with Gasteiger partial charge in [-0.05, 0) is 50.2 Å². The summed E-state index contributed by atoms with van der Waals surface area (Å²) < 4.78 is 1.88. The molecule has 2 amide bonds. The Morgan fingerprint density at radius 1 is 1.06 bits per heavy atom. The molecule has 0 unspecified atom stereocenters. The lowest BCUT2D eigenvalue weighted by Gasteiger charge is -2.15. The maximum absolute atomic E-state index is 12.6. The highest BCUT2D eigenvalue weighted by Gasteiger charge is 2.20. The van der Waals surface area contributed by atoms with Crippen LogP contribution in [0, 0.1) is 0 Å². The Morgan fingerprint density at radius 3 is 2.39 bits per heavy atom. The number of rotatable bonds is 9. The van der Waals surface area contributed by atoms with Crippen molar-refractivity contribution in [1.82, 2.24) is 25.1 Å². The summed E-state index contributed by atoms with van der Waals surface area (Å²) in [6.45, 7) is 4.38. The van der Waals surface area contributed by atoms with Crippen molar-refractivity contribution in [2.45, 2.75) is 31.6 Å². The first-order valence-corrected chi connectivity index (χ1v) is 13.6. The molecule has 186 valence electrons. The molecule has 1 atom stereocenters. The van der Waals surface area contributed by atoms with Gasteiger partial charge in [0.1, 0.15) is 0 Å². The van der Waals surface area contributed by atoms with Crippen molar-refractivity contribution in [3.05, 3.63) is 75.3 Å². The second kappa shape index (κ2) is 11.9. The van der Waals surface area contributed by atoms with E-state index in [4.69, 9.17) is 23.2 Å². The van der Waals surface area contributed by atoms with Crippen molar-refractivity contribution < 1.29 is 9.59 Å². The van der Waals surface area contributed by atoms with E-state index in [2.05, 4.69) is 25.8 Å². The Balaban J connectivity index is 1.34. The van der Waals surface area contributed by atoms with Crippen LogP contribution in [-0.2, 0) is 11.3 Å². The highest BCUT2D eigenvalue weighted by atomic mass is 35.5. The van der Waals surface area contributed by atoms with E-state index in [0.29, 0.717) is 38.3 Å². The van der Waals surface area contributed by atoms with Crippen LogP contribution in [-0.4, -0.2) is 37.3 Å². The number of amides is 2. The fourth-order valence-electron chi connectivity index (χ4n) is 3.34. The van der Waals surface area contributed by atoms with E-state index in [1.165, 1.54) is 23.1 Å². The molecule has 12 heteroatoms. The van der Waals surface area contributed by atoms with Crippen molar-refractivity contribution in [2.75, 3.05) is 11.1 Å². The molecule has 36 heavy (non-hydrogen) atoms. The van der Waals surface area contributed by atoms with E-state index in [-0.39, 0.29) is 23.6 Å². The summed E-state index contributed by atoms with van der Waals surface area (Å²) in [6.07, 6.45) is 0. The summed E-state index contributed by atoms with van der Waals surface area (Å²) in [5, 5.41) is 18.5. The number of aromatic nitrogens is 4. The normalized spacial score (nSPS) is 11.8. The van der Waals surface area contributed by atoms with E-state index >= 15 is 0 Å². The van der Waals surface area contributed by atoms with E-state index in [1.807, 2.05) is 35.9 Å². The first kappa shape index (κ1) is 26.2. The number of thioether (sulfide) groups is 1. The zero-order valence-corrected chi connectivity index (χ0v) is 22.5. The topological polar surface area (TPSA) is 102 Å². The molecule has 4 aromatic rings. The lowest BCUT2D eigenvalue weighted by molar-refractivity contribution is -0.113. The lowest BCUT2D eigenvalue weighted by atomic mass is 10.2. The predicted molar refractivity (Wildman–Crippen MR) is 145 cm³/mol. The summed E-state index contributed by atoms with van der Waals surface area (Å²) in [7, 11) is 0. The van der Waals surface area contributed by atoms with E-state index in [9.17, 15) is 9.59 Å². The second-order valence-corrected chi connectivity index (χ2v) is 10.3. The monoisotopic (exact) mass is 560 g/mol. The number of anilines is 1. The van der Waals surface area contributed by atoms with Gasteiger partial charge in [0.2, 0.25) is 5.91 Å². The van der Waals surface area contributed by atoms with Gasteiger partial charge >= 0.3 is 0 Å². The minimum Gasteiger partial charge on any atom is -0.342 e. The van der Waals surface area contributed by atoms with Gasteiger partial charge in [-0.25, -0.2) is 4.98 Å². The van der Waals surface area contributed by atoms with Crippen LogP contribution in [0.5, 0.6) is 0 Å². The number of carbonyl (C=O) groups is 2. The molecule has 0 radical (unpaired) electrons. The minimum atomic E-state index is -0.384. The van der Waals surface area contributed by atoms with Crippen LogP contribution in [0.1, 0.15) is 36.1 Å². The van der Waals surface area contributed by atoms with Gasteiger partial charge < -0.3 is 15.2 Å². The van der Waals surface area contributed by atoms with Crippen molar-refractivity contribution >= 4 is 63.2 Å². The number of hydrogen-bond donors (Lipinski definition) is 2. The zero-order valence-electron chi connectivity index (χ0n) is 19.4. The van der Waals surface area contributed by atoms with Gasteiger partial charge in [0.25, 0.3) is 5.91 Å². The standard InChI is InChI=1S/C24H22Cl2N6O2S2/c1-3-32-21(14(2)27-22(34)16-6-10-18(26)11-7-16)30-31-24(32)36-13-20(33)29-23-28-19(12-35-23)15-4-8-17(25)9-5-15/h4-12,14H,3,13H2,1-2H3,(H,27,34)(H,28,29,33)/t14-/m1/s1. The van der Waals surface area contributed by atoms with Gasteiger partial charge in [0.15, 0.2) is 16.1 Å². The predicted octanol–water partition coefficient (Wildman–Crippen LogP) is 5.95. The molecule has 0 saturated carbocycles. The van der Waals surface area contributed by atoms with Crippen LogP contribution in [0.15, 0.2) is 59.1 Å². The largest absolute Gasteiger partial charge is 0.342 e. The molecule has 0 bridgehead atoms. The van der Waals surface area contributed by atoms with E-state index in [1.54, 1.807) is 36.4 Å².